The number of hydrogen-bond donors (Lipinski definition) is 1. The van der Waals surface area contributed by atoms with E-state index in [2.05, 4.69) is 0 Å². The lowest BCUT2D eigenvalue weighted by Crippen LogP contribution is -2.40. The van der Waals surface area contributed by atoms with Crippen molar-refractivity contribution in [2.75, 3.05) is 0 Å². The zero-order valence-corrected chi connectivity index (χ0v) is 9.60. The summed E-state index contributed by atoms with van der Waals surface area (Å²) < 4.78 is 38.4. The van der Waals surface area contributed by atoms with Crippen molar-refractivity contribution in [2.45, 2.75) is 32.5 Å². The summed E-state index contributed by atoms with van der Waals surface area (Å²) in [6.45, 7) is 5.25. The molecule has 0 aliphatic carbocycles. The van der Waals surface area contributed by atoms with E-state index in [1.54, 1.807) is 13.0 Å². The Morgan fingerprint density at radius 3 is 1.88 bits per heavy atom. The second-order valence-corrected chi connectivity index (χ2v) is 4.48. The van der Waals surface area contributed by atoms with Gasteiger partial charge in [0.05, 0.1) is 5.56 Å². The predicted octanol–water partition coefficient (Wildman–Crippen LogP) is 3.54. The number of alkyl halides is 3. The Bertz CT molecular complexity index is 367. The molecule has 0 spiro atoms. The number of halogens is 3. The molecule has 4 heteroatoms. The van der Waals surface area contributed by atoms with E-state index in [-0.39, 0.29) is 11.5 Å². The minimum absolute atomic E-state index is 0.0731. The molecule has 1 unspecified atom stereocenters. The molecule has 90 valence electrons. The summed E-state index contributed by atoms with van der Waals surface area (Å²) in [5, 5.41) is 0. The quantitative estimate of drug-likeness (QED) is 0.827. The molecule has 1 aromatic carbocycles. The van der Waals surface area contributed by atoms with Crippen LogP contribution in [0.4, 0.5) is 13.2 Å². The van der Waals surface area contributed by atoms with Crippen molar-refractivity contribution >= 4 is 0 Å². The minimum Gasteiger partial charge on any atom is -0.321 e. The lowest BCUT2D eigenvalue weighted by Gasteiger charge is -2.32. The van der Waals surface area contributed by atoms with Crippen LogP contribution in [0.1, 0.15) is 31.9 Å². The van der Waals surface area contributed by atoms with Crippen molar-refractivity contribution in [3.63, 3.8) is 0 Å². The Morgan fingerprint density at radius 2 is 1.50 bits per heavy atom. The molecular formula is C12H16F3N. The predicted molar refractivity (Wildman–Crippen MR) is 57.8 cm³/mol. The topological polar surface area (TPSA) is 26.0 Å². The molecule has 16 heavy (non-hydrogen) atoms. The monoisotopic (exact) mass is 231 g/mol. The Kier molecular flexibility index (Phi) is 3.33. The molecule has 0 radical (unpaired) electrons. The van der Waals surface area contributed by atoms with Gasteiger partial charge in [0.2, 0.25) is 0 Å². The van der Waals surface area contributed by atoms with Crippen LogP contribution < -0.4 is 5.73 Å². The molecule has 0 aromatic heterocycles. The van der Waals surface area contributed by atoms with E-state index >= 15 is 0 Å². The van der Waals surface area contributed by atoms with Crippen LogP contribution in [0.3, 0.4) is 0 Å². The van der Waals surface area contributed by atoms with Crippen LogP contribution >= 0.6 is 0 Å². The van der Waals surface area contributed by atoms with Gasteiger partial charge in [-0.15, -0.1) is 0 Å². The van der Waals surface area contributed by atoms with Gasteiger partial charge < -0.3 is 5.73 Å². The summed E-state index contributed by atoms with van der Waals surface area (Å²) in [6, 6.07) is 5.48. The number of nitrogens with two attached hydrogens (primary N) is 1. The van der Waals surface area contributed by atoms with Crippen molar-refractivity contribution in [3.8, 4) is 0 Å². The normalized spacial score (nSPS) is 16.2. The Hall–Kier alpha value is -1.03. The standard InChI is InChI=1S/C12H16F3N/c1-8(2)11(3,16)9-6-4-5-7-10(9)12(13,14)15/h4-8H,16H2,1-3H3. The fourth-order valence-electron chi connectivity index (χ4n) is 1.51. The Balaban J connectivity index is 3.35. The molecule has 1 rings (SSSR count). The van der Waals surface area contributed by atoms with Gasteiger partial charge in [0, 0.05) is 5.54 Å². The largest absolute Gasteiger partial charge is 0.416 e. The van der Waals surface area contributed by atoms with Gasteiger partial charge in [0.15, 0.2) is 0 Å². The zero-order chi connectivity index (χ0) is 12.6. The van der Waals surface area contributed by atoms with Gasteiger partial charge in [-0.05, 0) is 24.5 Å². The number of rotatable bonds is 2. The molecule has 0 amide bonds. The highest BCUT2D eigenvalue weighted by atomic mass is 19.4. The maximum Gasteiger partial charge on any atom is 0.416 e. The molecule has 1 aromatic rings. The van der Waals surface area contributed by atoms with Gasteiger partial charge >= 0.3 is 6.18 Å². The van der Waals surface area contributed by atoms with Gasteiger partial charge in [0.1, 0.15) is 0 Å². The summed E-state index contributed by atoms with van der Waals surface area (Å²) >= 11 is 0. The highest BCUT2D eigenvalue weighted by Gasteiger charge is 2.38. The summed E-state index contributed by atoms with van der Waals surface area (Å²) in [7, 11) is 0. The minimum atomic E-state index is -4.36. The van der Waals surface area contributed by atoms with E-state index in [1.807, 2.05) is 13.8 Å². The molecule has 0 fully saturated rings. The first kappa shape index (κ1) is 13.0. The van der Waals surface area contributed by atoms with Gasteiger partial charge in [-0.25, -0.2) is 0 Å². The van der Waals surface area contributed by atoms with E-state index in [9.17, 15) is 13.2 Å². The van der Waals surface area contributed by atoms with E-state index in [1.165, 1.54) is 12.1 Å². The molecule has 0 saturated heterocycles. The van der Waals surface area contributed by atoms with Crippen LogP contribution in [0.15, 0.2) is 24.3 Å². The Morgan fingerprint density at radius 1 is 1.06 bits per heavy atom. The molecule has 0 aliphatic rings. The van der Waals surface area contributed by atoms with Crippen molar-refractivity contribution in [1.82, 2.24) is 0 Å². The average molecular weight is 231 g/mol. The van der Waals surface area contributed by atoms with E-state index < -0.39 is 17.3 Å². The smallest absolute Gasteiger partial charge is 0.321 e. The Labute approximate surface area is 93.5 Å². The van der Waals surface area contributed by atoms with E-state index in [0.29, 0.717) is 0 Å². The summed E-state index contributed by atoms with van der Waals surface area (Å²) in [4.78, 5) is 0. The maximum absolute atomic E-state index is 12.8. The van der Waals surface area contributed by atoms with Crippen LogP contribution in [0, 0.1) is 5.92 Å². The van der Waals surface area contributed by atoms with Crippen LogP contribution in [-0.2, 0) is 11.7 Å². The highest BCUT2D eigenvalue weighted by Crippen LogP contribution is 2.38. The zero-order valence-electron chi connectivity index (χ0n) is 9.60. The van der Waals surface area contributed by atoms with Gasteiger partial charge in [0.25, 0.3) is 0 Å². The third-order valence-corrected chi connectivity index (χ3v) is 3.01. The third kappa shape index (κ3) is 2.38. The van der Waals surface area contributed by atoms with E-state index in [0.717, 1.165) is 6.07 Å². The molecule has 1 nitrogen and oxygen atoms in total. The van der Waals surface area contributed by atoms with Gasteiger partial charge in [-0.3, -0.25) is 0 Å². The molecule has 0 saturated carbocycles. The molecule has 0 heterocycles. The maximum atomic E-state index is 12.8. The number of benzene rings is 1. The fraction of sp³-hybridized carbons (Fsp3) is 0.500. The summed E-state index contributed by atoms with van der Waals surface area (Å²) in [5.41, 5.74) is 4.50. The highest BCUT2D eigenvalue weighted by molar-refractivity contribution is 5.35. The summed E-state index contributed by atoms with van der Waals surface area (Å²) in [6.07, 6.45) is -4.36. The van der Waals surface area contributed by atoms with Crippen LogP contribution in [0.5, 0.6) is 0 Å². The van der Waals surface area contributed by atoms with Crippen molar-refractivity contribution < 1.29 is 13.2 Å². The van der Waals surface area contributed by atoms with Crippen LogP contribution in [0.25, 0.3) is 0 Å². The molecular weight excluding hydrogens is 215 g/mol. The average Bonchev–Trinajstić information content (AvgIpc) is 2.16. The second kappa shape index (κ2) is 4.09. The molecule has 2 N–H and O–H groups in total. The first-order chi connectivity index (χ1) is 7.17. The molecule has 1 atom stereocenters. The molecule has 0 aliphatic heterocycles. The van der Waals surface area contributed by atoms with E-state index in [4.69, 9.17) is 5.73 Å². The third-order valence-electron chi connectivity index (χ3n) is 3.01. The first-order valence-corrected chi connectivity index (χ1v) is 5.13. The SMILES string of the molecule is CC(C)C(C)(N)c1ccccc1C(F)(F)F. The van der Waals surface area contributed by atoms with Crippen molar-refractivity contribution in [3.05, 3.63) is 35.4 Å². The van der Waals surface area contributed by atoms with Crippen LogP contribution in [-0.4, -0.2) is 0 Å². The second-order valence-electron chi connectivity index (χ2n) is 4.48. The number of hydrogen-bond acceptors (Lipinski definition) is 1. The lowest BCUT2D eigenvalue weighted by molar-refractivity contribution is -0.138. The fourth-order valence-corrected chi connectivity index (χ4v) is 1.51. The van der Waals surface area contributed by atoms with Crippen molar-refractivity contribution in [1.29, 1.82) is 0 Å². The van der Waals surface area contributed by atoms with Crippen LogP contribution in [0.2, 0.25) is 0 Å². The summed E-state index contributed by atoms with van der Waals surface area (Å²) in [5.74, 6) is -0.0731. The van der Waals surface area contributed by atoms with Crippen molar-refractivity contribution in [2.24, 2.45) is 11.7 Å². The van der Waals surface area contributed by atoms with Gasteiger partial charge in [-0.2, -0.15) is 13.2 Å². The van der Waals surface area contributed by atoms with Gasteiger partial charge in [-0.1, -0.05) is 32.0 Å². The lowest BCUT2D eigenvalue weighted by atomic mass is 9.80. The molecule has 0 bridgehead atoms. The first-order valence-electron chi connectivity index (χ1n) is 5.13.